The molecule has 1 unspecified atom stereocenters. The summed E-state index contributed by atoms with van der Waals surface area (Å²) in [6.07, 6.45) is 6.07. The predicted molar refractivity (Wildman–Crippen MR) is 98.6 cm³/mol. The third kappa shape index (κ3) is 4.54. The number of rotatable bonds is 5. The van der Waals surface area contributed by atoms with Crippen molar-refractivity contribution in [3.63, 3.8) is 0 Å². The van der Waals surface area contributed by atoms with Gasteiger partial charge in [0.2, 0.25) is 0 Å². The van der Waals surface area contributed by atoms with E-state index in [1.54, 1.807) is 0 Å². The first-order valence-electron chi connectivity index (χ1n) is 9.80. The minimum atomic E-state index is 0.000134. The Balaban J connectivity index is 1.52. The molecule has 0 radical (unpaired) electrons. The first kappa shape index (κ1) is 19.1. The molecule has 146 valence electrons. The standard InChI is InChI=1S/C18H32N6O2/c1-3-19-17(26)23-9-5-16(6-10-23)24-12-15(20-21-24)11-22-8-4-7-18(2,13-22)14-25/h12,16,25H,3-11,13-14H2,1-2H3,(H,19,26). The van der Waals surface area contributed by atoms with Crippen molar-refractivity contribution in [2.75, 3.05) is 39.3 Å². The largest absolute Gasteiger partial charge is 0.396 e. The monoisotopic (exact) mass is 364 g/mol. The van der Waals surface area contributed by atoms with Crippen molar-refractivity contribution in [1.29, 1.82) is 0 Å². The Kier molecular flexibility index (Phi) is 6.13. The highest BCUT2D eigenvalue weighted by Crippen LogP contribution is 2.29. The van der Waals surface area contributed by atoms with Crippen LogP contribution in [-0.4, -0.2) is 75.3 Å². The lowest BCUT2D eigenvalue weighted by atomic mass is 9.83. The molecule has 3 rings (SSSR count). The molecule has 2 fully saturated rings. The zero-order valence-electron chi connectivity index (χ0n) is 16.0. The first-order valence-corrected chi connectivity index (χ1v) is 9.80. The Morgan fingerprint density at radius 3 is 2.85 bits per heavy atom. The van der Waals surface area contributed by atoms with Crippen molar-refractivity contribution in [1.82, 2.24) is 30.1 Å². The third-order valence-electron chi connectivity index (χ3n) is 5.64. The van der Waals surface area contributed by atoms with Gasteiger partial charge in [0, 0.05) is 44.7 Å². The highest BCUT2D eigenvalue weighted by molar-refractivity contribution is 5.74. The third-order valence-corrected chi connectivity index (χ3v) is 5.64. The Hall–Kier alpha value is -1.67. The van der Waals surface area contributed by atoms with Crippen LogP contribution in [0.2, 0.25) is 0 Å². The molecule has 2 aliphatic heterocycles. The summed E-state index contributed by atoms with van der Waals surface area (Å²) in [6, 6.07) is 0.341. The number of aliphatic hydroxyl groups excluding tert-OH is 1. The lowest BCUT2D eigenvalue weighted by Crippen LogP contribution is -2.44. The van der Waals surface area contributed by atoms with Crippen LogP contribution in [0.3, 0.4) is 0 Å². The van der Waals surface area contributed by atoms with Crippen LogP contribution in [0.5, 0.6) is 0 Å². The van der Waals surface area contributed by atoms with Crippen LogP contribution < -0.4 is 5.32 Å². The fraction of sp³-hybridized carbons (Fsp3) is 0.833. The number of carbonyl (C=O) groups is 1. The molecule has 2 saturated heterocycles. The Bertz CT molecular complexity index is 598. The fourth-order valence-corrected chi connectivity index (χ4v) is 4.08. The highest BCUT2D eigenvalue weighted by atomic mass is 16.3. The molecule has 26 heavy (non-hydrogen) atoms. The minimum Gasteiger partial charge on any atom is -0.396 e. The quantitative estimate of drug-likeness (QED) is 0.821. The van der Waals surface area contributed by atoms with E-state index in [0.717, 1.165) is 64.1 Å². The van der Waals surface area contributed by atoms with Gasteiger partial charge in [0.25, 0.3) is 0 Å². The number of urea groups is 1. The Morgan fingerprint density at radius 1 is 1.38 bits per heavy atom. The summed E-state index contributed by atoms with van der Waals surface area (Å²) in [4.78, 5) is 16.1. The molecule has 0 saturated carbocycles. The number of likely N-dealkylation sites (tertiary alicyclic amines) is 2. The van der Waals surface area contributed by atoms with Crippen molar-refractivity contribution in [3.05, 3.63) is 11.9 Å². The number of aliphatic hydroxyl groups is 1. The van der Waals surface area contributed by atoms with E-state index in [4.69, 9.17) is 0 Å². The minimum absolute atomic E-state index is 0.000134. The lowest BCUT2D eigenvalue weighted by Gasteiger charge is -2.38. The number of piperidine rings is 2. The second-order valence-corrected chi connectivity index (χ2v) is 8.03. The van der Waals surface area contributed by atoms with Crippen LogP contribution in [0.15, 0.2) is 6.20 Å². The average molecular weight is 364 g/mol. The van der Waals surface area contributed by atoms with E-state index in [9.17, 15) is 9.90 Å². The molecule has 0 bridgehead atoms. The molecule has 2 amide bonds. The van der Waals surface area contributed by atoms with Crippen molar-refractivity contribution < 1.29 is 9.90 Å². The molecule has 1 aromatic rings. The highest BCUT2D eigenvalue weighted by Gasteiger charge is 2.31. The number of nitrogens with zero attached hydrogens (tertiary/aromatic N) is 5. The molecule has 1 aromatic heterocycles. The van der Waals surface area contributed by atoms with Gasteiger partial charge in [-0.1, -0.05) is 12.1 Å². The molecule has 8 nitrogen and oxygen atoms in total. The molecule has 2 N–H and O–H groups in total. The molecule has 2 aliphatic rings. The van der Waals surface area contributed by atoms with Gasteiger partial charge in [0.1, 0.15) is 0 Å². The van der Waals surface area contributed by atoms with Gasteiger partial charge in [-0.05, 0) is 39.2 Å². The summed E-state index contributed by atoms with van der Waals surface area (Å²) >= 11 is 0. The second-order valence-electron chi connectivity index (χ2n) is 8.03. The number of hydrogen-bond donors (Lipinski definition) is 2. The summed E-state index contributed by atoms with van der Waals surface area (Å²) in [7, 11) is 0. The maximum absolute atomic E-state index is 11.9. The molecule has 0 aromatic carbocycles. The van der Waals surface area contributed by atoms with E-state index in [2.05, 4.69) is 33.6 Å². The van der Waals surface area contributed by atoms with E-state index in [1.807, 2.05) is 16.5 Å². The van der Waals surface area contributed by atoms with Crippen LogP contribution >= 0.6 is 0 Å². The van der Waals surface area contributed by atoms with Gasteiger partial charge < -0.3 is 15.3 Å². The van der Waals surface area contributed by atoms with Crippen molar-refractivity contribution >= 4 is 6.03 Å². The van der Waals surface area contributed by atoms with Gasteiger partial charge in [-0.25, -0.2) is 9.48 Å². The molecule has 3 heterocycles. The van der Waals surface area contributed by atoms with Crippen LogP contribution in [0.1, 0.15) is 51.3 Å². The maximum atomic E-state index is 11.9. The summed E-state index contributed by atoms with van der Waals surface area (Å²) in [5, 5.41) is 21.2. The van der Waals surface area contributed by atoms with E-state index in [1.165, 1.54) is 0 Å². The molecule has 1 atom stereocenters. The fourth-order valence-electron chi connectivity index (χ4n) is 4.08. The van der Waals surface area contributed by atoms with E-state index >= 15 is 0 Å². The number of carbonyl (C=O) groups excluding carboxylic acids is 1. The van der Waals surface area contributed by atoms with Crippen LogP contribution in [0.25, 0.3) is 0 Å². The molecular weight excluding hydrogens is 332 g/mol. The molecular formula is C18H32N6O2. The van der Waals surface area contributed by atoms with Crippen molar-refractivity contribution in [3.8, 4) is 0 Å². The maximum Gasteiger partial charge on any atom is 0.317 e. The van der Waals surface area contributed by atoms with Gasteiger partial charge in [-0.2, -0.15) is 0 Å². The van der Waals surface area contributed by atoms with E-state index in [0.29, 0.717) is 12.6 Å². The second kappa shape index (κ2) is 8.35. The summed E-state index contributed by atoms with van der Waals surface area (Å²) in [5.41, 5.74) is 0.985. The van der Waals surface area contributed by atoms with Crippen molar-refractivity contribution in [2.24, 2.45) is 5.41 Å². The summed E-state index contributed by atoms with van der Waals surface area (Å²) < 4.78 is 1.97. The van der Waals surface area contributed by atoms with Gasteiger partial charge in [0.05, 0.1) is 17.9 Å². The molecule has 8 heteroatoms. The van der Waals surface area contributed by atoms with E-state index in [-0.39, 0.29) is 18.1 Å². The van der Waals surface area contributed by atoms with E-state index < -0.39 is 0 Å². The smallest absolute Gasteiger partial charge is 0.317 e. The zero-order valence-corrected chi connectivity index (χ0v) is 16.0. The van der Waals surface area contributed by atoms with Gasteiger partial charge in [0.15, 0.2) is 0 Å². The average Bonchev–Trinajstić information content (AvgIpc) is 3.10. The Morgan fingerprint density at radius 2 is 2.15 bits per heavy atom. The van der Waals surface area contributed by atoms with Gasteiger partial charge in [-0.15, -0.1) is 5.10 Å². The topological polar surface area (TPSA) is 86.5 Å². The normalized spacial score (nSPS) is 25.4. The van der Waals surface area contributed by atoms with Gasteiger partial charge in [-0.3, -0.25) is 4.90 Å². The summed E-state index contributed by atoms with van der Waals surface area (Å²) in [5.74, 6) is 0. The van der Waals surface area contributed by atoms with Crippen LogP contribution in [0, 0.1) is 5.41 Å². The van der Waals surface area contributed by atoms with Crippen molar-refractivity contribution in [2.45, 2.75) is 52.1 Å². The van der Waals surface area contributed by atoms with Gasteiger partial charge >= 0.3 is 6.03 Å². The molecule has 0 spiro atoms. The molecule has 0 aliphatic carbocycles. The predicted octanol–water partition coefficient (Wildman–Crippen LogP) is 1.24. The number of nitrogens with one attached hydrogen (secondary N) is 1. The zero-order chi connectivity index (χ0) is 18.6. The number of hydrogen-bond acceptors (Lipinski definition) is 5. The first-order chi connectivity index (χ1) is 12.5. The Labute approximate surface area is 155 Å². The van der Waals surface area contributed by atoms with Crippen LogP contribution in [0.4, 0.5) is 4.79 Å². The number of aromatic nitrogens is 3. The van der Waals surface area contributed by atoms with Crippen LogP contribution in [-0.2, 0) is 6.54 Å². The number of amides is 2. The lowest BCUT2D eigenvalue weighted by molar-refractivity contribution is 0.0423. The SMILES string of the molecule is CCNC(=O)N1CCC(n2cc(CN3CCCC(C)(CO)C3)nn2)CC1. The summed E-state index contributed by atoms with van der Waals surface area (Å²) in [6.45, 7) is 9.24.